The van der Waals surface area contributed by atoms with Crippen molar-refractivity contribution >= 4 is 24.5 Å². The number of benzene rings is 3. The van der Waals surface area contributed by atoms with E-state index in [-0.39, 0.29) is 35.3 Å². The molecule has 3 aromatic rings. The molecule has 36 heavy (non-hydrogen) atoms. The second kappa shape index (κ2) is 8.85. The minimum Gasteiger partial charge on any atom is -0.507 e. The highest BCUT2D eigenvalue weighted by molar-refractivity contribution is 6.99. The first kappa shape index (κ1) is 24.7. The van der Waals surface area contributed by atoms with Crippen molar-refractivity contribution in [2.75, 3.05) is 20.3 Å². The number of ketones is 1. The summed E-state index contributed by atoms with van der Waals surface area (Å²) in [5.74, 6) is -0.977. The SMILES string of the molecule is COc1cc(O)c2c(c1)[C@@H](O[Si](c1ccccc1)(c1ccccc1)C(C)(C)C)[C@@]1(O)COCC1C2=O. The van der Waals surface area contributed by atoms with Crippen LogP contribution in [0.2, 0.25) is 5.04 Å². The molecule has 1 saturated heterocycles. The number of fused-ring (bicyclic) bond motifs is 2. The van der Waals surface area contributed by atoms with Gasteiger partial charge in [-0.2, -0.15) is 0 Å². The standard InChI is InChI=1S/C29H32O6Si/c1-28(2,3)36(20-11-7-5-8-12-20,21-13-9-6-10-14-21)35-27-22-15-19(33-4)16-24(30)25(22)26(31)23-17-34-18-29(23,27)32/h5-16,23,27,30,32H,17-18H2,1-4H3/t23?,27-,29-/m1/s1. The molecule has 188 valence electrons. The largest absolute Gasteiger partial charge is 0.507 e. The average Bonchev–Trinajstić information content (AvgIpc) is 3.27. The van der Waals surface area contributed by atoms with E-state index in [1.807, 2.05) is 36.4 Å². The number of hydrogen-bond acceptors (Lipinski definition) is 6. The van der Waals surface area contributed by atoms with Crippen LogP contribution in [0.25, 0.3) is 0 Å². The van der Waals surface area contributed by atoms with Crippen LogP contribution in [-0.4, -0.2) is 50.2 Å². The average molecular weight is 505 g/mol. The maximum absolute atomic E-state index is 13.5. The van der Waals surface area contributed by atoms with Crippen LogP contribution < -0.4 is 15.1 Å². The molecule has 0 spiro atoms. The van der Waals surface area contributed by atoms with Gasteiger partial charge in [-0.05, 0) is 21.5 Å². The maximum atomic E-state index is 13.5. The number of rotatable bonds is 5. The monoisotopic (exact) mass is 504 g/mol. The lowest BCUT2D eigenvalue weighted by atomic mass is 9.71. The fraction of sp³-hybridized carbons (Fsp3) is 0.345. The van der Waals surface area contributed by atoms with Gasteiger partial charge in [-0.25, -0.2) is 0 Å². The first-order valence-electron chi connectivity index (χ1n) is 12.2. The summed E-state index contributed by atoms with van der Waals surface area (Å²) in [6, 6.07) is 23.4. The number of hydrogen-bond donors (Lipinski definition) is 2. The summed E-state index contributed by atoms with van der Waals surface area (Å²) in [6.45, 7) is 6.50. The van der Waals surface area contributed by atoms with Crippen molar-refractivity contribution in [3.05, 3.63) is 83.9 Å². The molecule has 3 aromatic carbocycles. The summed E-state index contributed by atoms with van der Waals surface area (Å²) < 4.78 is 18.5. The number of aromatic hydroxyl groups is 1. The van der Waals surface area contributed by atoms with E-state index in [2.05, 4.69) is 45.0 Å². The van der Waals surface area contributed by atoms with Crippen LogP contribution in [-0.2, 0) is 9.16 Å². The van der Waals surface area contributed by atoms with Crippen molar-refractivity contribution < 1.29 is 28.9 Å². The Morgan fingerprint density at radius 1 is 1.00 bits per heavy atom. The highest BCUT2D eigenvalue weighted by atomic mass is 28.4. The van der Waals surface area contributed by atoms with E-state index in [1.165, 1.54) is 13.2 Å². The van der Waals surface area contributed by atoms with E-state index in [0.717, 1.165) is 10.4 Å². The third-order valence-corrected chi connectivity index (χ3v) is 12.6. The number of Topliss-reactive ketones (excluding diaryl/α,β-unsaturated/α-hetero) is 1. The van der Waals surface area contributed by atoms with Gasteiger partial charge >= 0.3 is 0 Å². The highest BCUT2D eigenvalue weighted by Crippen LogP contribution is 2.52. The summed E-state index contributed by atoms with van der Waals surface area (Å²) in [5.41, 5.74) is -0.997. The minimum atomic E-state index is -3.13. The molecule has 0 aromatic heterocycles. The van der Waals surface area contributed by atoms with Crippen molar-refractivity contribution in [2.45, 2.75) is 37.5 Å². The van der Waals surface area contributed by atoms with Crippen LogP contribution in [0.3, 0.4) is 0 Å². The molecule has 7 heteroatoms. The van der Waals surface area contributed by atoms with Crippen molar-refractivity contribution in [3.63, 3.8) is 0 Å². The van der Waals surface area contributed by atoms with E-state index in [0.29, 0.717) is 11.3 Å². The van der Waals surface area contributed by atoms with Crippen LogP contribution in [0.5, 0.6) is 11.5 Å². The number of ether oxygens (including phenoxy) is 2. The van der Waals surface area contributed by atoms with Gasteiger partial charge in [0.2, 0.25) is 0 Å². The molecule has 1 fully saturated rings. The van der Waals surface area contributed by atoms with Gasteiger partial charge in [-0.1, -0.05) is 81.4 Å². The number of methoxy groups -OCH3 is 1. The lowest BCUT2D eigenvalue weighted by molar-refractivity contribution is -0.0902. The molecule has 3 atom stereocenters. The summed E-state index contributed by atoms with van der Waals surface area (Å²) in [4.78, 5) is 13.5. The molecule has 6 nitrogen and oxygen atoms in total. The number of carbonyl (C=O) groups is 1. The third-order valence-electron chi connectivity index (χ3n) is 7.59. The smallest absolute Gasteiger partial charge is 0.262 e. The minimum absolute atomic E-state index is 0.0380. The molecule has 1 heterocycles. The van der Waals surface area contributed by atoms with Gasteiger partial charge in [0.15, 0.2) is 5.78 Å². The van der Waals surface area contributed by atoms with Gasteiger partial charge in [0, 0.05) is 11.6 Å². The van der Waals surface area contributed by atoms with E-state index < -0.39 is 25.9 Å². The van der Waals surface area contributed by atoms with Crippen LogP contribution in [0.4, 0.5) is 0 Å². The summed E-state index contributed by atoms with van der Waals surface area (Å²) in [5, 5.41) is 24.7. The predicted molar refractivity (Wildman–Crippen MR) is 140 cm³/mol. The Balaban J connectivity index is 1.81. The molecule has 0 radical (unpaired) electrons. The first-order chi connectivity index (χ1) is 17.1. The second-order valence-electron chi connectivity index (χ2n) is 10.7. The quantitative estimate of drug-likeness (QED) is 0.517. The van der Waals surface area contributed by atoms with Gasteiger partial charge in [-0.15, -0.1) is 0 Å². The van der Waals surface area contributed by atoms with E-state index in [9.17, 15) is 15.0 Å². The zero-order valence-corrected chi connectivity index (χ0v) is 22.0. The Bertz CT molecular complexity index is 1230. The number of phenols is 1. The van der Waals surface area contributed by atoms with Gasteiger partial charge in [0.25, 0.3) is 8.32 Å². The number of phenolic OH excluding ortho intramolecular Hbond substituents is 1. The molecule has 0 bridgehead atoms. The van der Waals surface area contributed by atoms with Crippen molar-refractivity contribution in [3.8, 4) is 11.5 Å². The molecule has 5 rings (SSSR count). The fourth-order valence-electron chi connectivity index (χ4n) is 5.84. The highest BCUT2D eigenvalue weighted by Gasteiger charge is 2.62. The summed E-state index contributed by atoms with van der Waals surface area (Å²) in [6.07, 6.45) is -0.926. The predicted octanol–water partition coefficient (Wildman–Crippen LogP) is 3.59. The van der Waals surface area contributed by atoms with Crippen LogP contribution in [0, 0.1) is 5.92 Å². The molecule has 1 aliphatic carbocycles. The van der Waals surface area contributed by atoms with Gasteiger partial charge in [0.1, 0.15) is 23.2 Å². The zero-order valence-electron chi connectivity index (χ0n) is 21.0. The molecular formula is C29H32O6Si. The molecular weight excluding hydrogens is 472 g/mol. The van der Waals surface area contributed by atoms with Crippen molar-refractivity contribution in [2.24, 2.45) is 5.92 Å². The lowest BCUT2D eigenvalue weighted by Gasteiger charge is -2.50. The molecule has 2 N–H and O–H groups in total. The molecule has 2 aliphatic rings. The summed E-state index contributed by atoms with van der Waals surface area (Å²) in [7, 11) is -1.63. The Morgan fingerprint density at radius 3 is 2.11 bits per heavy atom. The number of carbonyl (C=O) groups excluding carboxylic acids is 1. The first-order valence-corrected chi connectivity index (χ1v) is 14.1. The zero-order chi connectivity index (χ0) is 25.7. The van der Waals surface area contributed by atoms with Crippen molar-refractivity contribution in [1.29, 1.82) is 0 Å². The van der Waals surface area contributed by atoms with Gasteiger partial charge < -0.3 is 24.1 Å². The van der Waals surface area contributed by atoms with Gasteiger partial charge in [-0.3, -0.25) is 4.79 Å². The van der Waals surface area contributed by atoms with Gasteiger partial charge in [0.05, 0.1) is 31.8 Å². The van der Waals surface area contributed by atoms with E-state index in [1.54, 1.807) is 6.07 Å². The van der Waals surface area contributed by atoms with Crippen LogP contribution >= 0.6 is 0 Å². The Labute approximate surface area is 212 Å². The number of aliphatic hydroxyl groups is 1. The molecule has 1 unspecified atom stereocenters. The van der Waals surface area contributed by atoms with E-state index in [4.69, 9.17) is 13.9 Å². The topological polar surface area (TPSA) is 85.2 Å². The molecule has 1 aliphatic heterocycles. The lowest BCUT2D eigenvalue weighted by Crippen LogP contribution is -2.69. The summed E-state index contributed by atoms with van der Waals surface area (Å²) >= 11 is 0. The Hall–Kier alpha value is -2.97. The van der Waals surface area contributed by atoms with E-state index >= 15 is 0 Å². The normalized spacial score (nSPS) is 23.8. The second-order valence-corrected chi connectivity index (χ2v) is 14.9. The molecule has 0 saturated carbocycles. The third kappa shape index (κ3) is 3.61. The van der Waals surface area contributed by atoms with Crippen molar-refractivity contribution in [1.82, 2.24) is 0 Å². The van der Waals surface area contributed by atoms with Crippen LogP contribution in [0.15, 0.2) is 72.8 Å². The molecule has 0 amide bonds. The fourth-order valence-corrected chi connectivity index (χ4v) is 10.5. The Morgan fingerprint density at radius 2 is 1.58 bits per heavy atom. The van der Waals surface area contributed by atoms with Crippen LogP contribution in [0.1, 0.15) is 42.8 Å². The Kier molecular flexibility index (Phi) is 6.07. The maximum Gasteiger partial charge on any atom is 0.262 e.